The number of nitrogens with one attached hydrogen (secondary N) is 1. The Labute approximate surface area is 133 Å². The summed E-state index contributed by atoms with van der Waals surface area (Å²) in [6.45, 7) is 0. The number of fused-ring (bicyclic) bond motifs is 1. The van der Waals surface area contributed by atoms with Crippen molar-refractivity contribution in [2.24, 2.45) is 0 Å². The van der Waals surface area contributed by atoms with Crippen LogP contribution in [0.4, 0.5) is 0 Å². The fraction of sp³-hybridized carbons (Fsp3) is 0.294. The normalized spacial score (nSPS) is 18.2. The van der Waals surface area contributed by atoms with Crippen molar-refractivity contribution in [1.82, 2.24) is 5.32 Å². The molecule has 3 heteroatoms. The van der Waals surface area contributed by atoms with E-state index in [1.54, 1.807) is 0 Å². The molecule has 0 bridgehead atoms. The molecule has 2 atom stereocenters. The van der Waals surface area contributed by atoms with E-state index in [9.17, 15) is 0 Å². The lowest BCUT2D eigenvalue weighted by Gasteiger charge is -2.33. The highest BCUT2D eigenvalue weighted by Gasteiger charge is 2.28. The fourth-order valence-electron chi connectivity index (χ4n) is 3.05. The zero-order valence-electron chi connectivity index (χ0n) is 11.4. The van der Waals surface area contributed by atoms with Crippen molar-refractivity contribution in [2.75, 3.05) is 7.05 Å². The van der Waals surface area contributed by atoms with Gasteiger partial charge in [-0.05, 0) is 60.7 Å². The van der Waals surface area contributed by atoms with E-state index < -0.39 is 0 Å². The van der Waals surface area contributed by atoms with E-state index in [-0.39, 0.29) is 0 Å². The van der Waals surface area contributed by atoms with Gasteiger partial charge in [-0.3, -0.25) is 0 Å². The van der Waals surface area contributed by atoms with Gasteiger partial charge in [-0.15, -0.1) is 0 Å². The van der Waals surface area contributed by atoms with Crippen molar-refractivity contribution in [3.63, 3.8) is 0 Å². The molecule has 2 aromatic carbocycles. The monoisotopic (exact) mass is 349 g/mol. The van der Waals surface area contributed by atoms with Gasteiger partial charge in [-0.1, -0.05) is 51.8 Å². The maximum Gasteiger partial charge on any atom is 0.0420 e. The third-order valence-corrected chi connectivity index (χ3v) is 4.79. The number of hydrogen-bond acceptors (Lipinski definition) is 1. The molecule has 0 aliphatic heterocycles. The summed E-state index contributed by atoms with van der Waals surface area (Å²) in [5.74, 6) is 0.654. The maximum absolute atomic E-state index is 6.16. The molecule has 1 N–H and O–H groups in total. The van der Waals surface area contributed by atoms with E-state index in [1.807, 2.05) is 13.1 Å². The first-order chi connectivity index (χ1) is 9.67. The Morgan fingerprint density at radius 1 is 1.30 bits per heavy atom. The molecule has 2 aromatic rings. The fourth-order valence-corrected chi connectivity index (χ4v) is 3.94. The van der Waals surface area contributed by atoms with Crippen LogP contribution >= 0.6 is 27.5 Å². The minimum atomic E-state index is 0.336. The molecular formula is C17H17BrClN. The van der Waals surface area contributed by atoms with Gasteiger partial charge in [-0.2, -0.15) is 0 Å². The maximum atomic E-state index is 6.16. The SMILES string of the molecule is CNC(CC1Cc2ccccc21)c1cc(Cl)cc(Br)c1. The van der Waals surface area contributed by atoms with Gasteiger partial charge in [0.05, 0.1) is 0 Å². The van der Waals surface area contributed by atoms with Crippen molar-refractivity contribution in [3.8, 4) is 0 Å². The van der Waals surface area contributed by atoms with Crippen molar-refractivity contribution in [1.29, 1.82) is 0 Å². The lowest BCUT2D eigenvalue weighted by molar-refractivity contribution is 0.452. The minimum absolute atomic E-state index is 0.336. The van der Waals surface area contributed by atoms with Crippen molar-refractivity contribution >= 4 is 27.5 Å². The number of benzene rings is 2. The lowest BCUT2D eigenvalue weighted by atomic mass is 9.74. The zero-order chi connectivity index (χ0) is 14.1. The Hall–Kier alpha value is -0.830. The van der Waals surface area contributed by atoms with Crippen LogP contribution in [0.1, 0.15) is 35.1 Å². The van der Waals surface area contributed by atoms with E-state index >= 15 is 0 Å². The van der Waals surface area contributed by atoms with E-state index in [0.29, 0.717) is 12.0 Å². The minimum Gasteiger partial charge on any atom is -0.313 e. The number of rotatable bonds is 4. The van der Waals surface area contributed by atoms with E-state index in [2.05, 4.69) is 57.6 Å². The summed E-state index contributed by atoms with van der Waals surface area (Å²) in [6.07, 6.45) is 2.30. The molecule has 0 fully saturated rings. The molecule has 0 radical (unpaired) electrons. The van der Waals surface area contributed by atoms with Crippen LogP contribution in [0, 0.1) is 0 Å². The zero-order valence-corrected chi connectivity index (χ0v) is 13.7. The molecule has 1 aliphatic carbocycles. The smallest absolute Gasteiger partial charge is 0.0420 e. The van der Waals surface area contributed by atoms with E-state index in [4.69, 9.17) is 11.6 Å². The first-order valence-electron chi connectivity index (χ1n) is 6.88. The van der Waals surface area contributed by atoms with Crippen LogP contribution < -0.4 is 5.32 Å². The molecule has 1 aliphatic rings. The van der Waals surface area contributed by atoms with Crippen LogP contribution in [0.2, 0.25) is 5.02 Å². The average Bonchev–Trinajstić information content (AvgIpc) is 2.39. The summed E-state index contributed by atoms with van der Waals surface area (Å²) in [6, 6.07) is 15.2. The number of halogens is 2. The molecule has 104 valence electrons. The first-order valence-corrected chi connectivity index (χ1v) is 8.05. The predicted octanol–water partition coefficient (Wildman–Crippen LogP) is 5.09. The molecule has 0 spiro atoms. The molecule has 2 unspecified atom stereocenters. The standard InChI is InChI=1S/C17H17BrClN/c1-20-17(13-7-14(18)10-15(19)8-13)9-12-6-11-4-2-3-5-16(11)12/h2-5,7-8,10,12,17,20H,6,9H2,1H3. The molecule has 20 heavy (non-hydrogen) atoms. The predicted molar refractivity (Wildman–Crippen MR) is 88.5 cm³/mol. The first kappa shape index (κ1) is 14.1. The average molecular weight is 351 g/mol. The largest absolute Gasteiger partial charge is 0.313 e. The van der Waals surface area contributed by atoms with Gasteiger partial charge < -0.3 is 5.32 Å². The molecule has 0 aromatic heterocycles. The summed E-state index contributed by atoms with van der Waals surface area (Å²) < 4.78 is 1.04. The summed E-state index contributed by atoms with van der Waals surface area (Å²) in [5, 5.41) is 4.20. The Morgan fingerprint density at radius 2 is 2.10 bits per heavy atom. The summed E-state index contributed by atoms with van der Waals surface area (Å²) >= 11 is 9.68. The second-order valence-corrected chi connectivity index (χ2v) is 6.73. The Balaban J connectivity index is 1.79. The molecule has 0 saturated heterocycles. The highest BCUT2D eigenvalue weighted by atomic mass is 79.9. The van der Waals surface area contributed by atoms with Gasteiger partial charge >= 0.3 is 0 Å². The third kappa shape index (κ3) is 2.78. The Bertz CT molecular complexity index is 606. The molecular weight excluding hydrogens is 334 g/mol. The quantitative estimate of drug-likeness (QED) is 0.809. The second kappa shape index (κ2) is 5.88. The van der Waals surface area contributed by atoms with Crippen molar-refractivity contribution < 1.29 is 0 Å². The topological polar surface area (TPSA) is 12.0 Å². The summed E-state index contributed by atoms with van der Waals surface area (Å²) in [5.41, 5.74) is 4.25. The molecule has 0 amide bonds. The second-order valence-electron chi connectivity index (χ2n) is 5.38. The van der Waals surface area contributed by atoms with Crippen LogP contribution in [-0.2, 0) is 6.42 Å². The number of hydrogen-bond donors (Lipinski definition) is 1. The van der Waals surface area contributed by atoms with Gasteiger partial charge in [0, 0.05) is 15.5 Å². The third-order valence-electron chi connectivity index (χ3n) is 4.12. The molecule has 3 rings (SSSR count). The van der Waals surface area contributed by atoms with Gasteiger partial charge in [0.15, 0.2) is 0 Å². The Kier molecular flexibility index (Phi) is 4.16. The summed E-state index contributed by atoms with van der Waals surface area (Å²) in [7, 11) is 2.02. The van der Waals surface area contributed by atoms with Gasteiger partial charge in [0.1, 0.15) is 0 Å². The van der Waals surface area contributed by atoms with Crippen LogP contribution in [-0.4, -0.2) is 7.05 Å². The van der Waals surface area contributed by atoms with E-state index in [0.717, 1.165) is 15.9 Å². The Morgan fingerprint density at radius 3 is 2.80 bits per heavy atom. The van der Waals surface area contributed by atoms with Crippen LogP contribution in [0.5, 0.6) is 0 Å². The molecule has 0 heterocycles. The van der Waals surface area contributed by atoms with E-state index in [1.165, 1.54) is 23.1 Å². The van der Waals surface area contributed by atoms with Crippen LogP contribution in [0.15, 0.2) is 46.9 Å². The van der Waals surface area contributed by atoms with Crippen molar-refractivity contribution in [2.45, 2.75) is 24.8 Å². The van der Waals surface area contributed by atoms with Crippen LogP contribution in [0.3, 0.4) is 0 Å². The van der Waals surface area contributed by atoms with Gasteiger partial charge in [0.2, 0.25) is 0 Å². The molecule has 0 saturated carbocycles. The van der Waals surface area contributed by atoms with Crippen LogP contribution in [0.25, 0.3) is 0 Å². The van der Waals surface area contributed by atoms with Crippen molar-refractivity contribution in [3.05, 3.63) is 68.7 Å². The van der Waals surface area contributed by atoms with Gasteiger partial charge in [0.25, 0.3) is 0 Å². The lowest BCUT2D eigenvalue weighted by Crippen LogP contribution is -2.25. The summed E-state index contributed by atoms with van der Waals surface area (Å²) in [4.78, 5) is 0. The molecule has 1 nitrogen and oxygen atoms in total. The highest BCUT2D eigenvalue weighted by molar-refractivity contribution is 9.10. The highest BCUT2D eigenvalue weighted by Crippen LogP contribution is 2.41. The van der Waals surface area contributed by atoms with Gasteiger partial charge in [-0.25, -0.2) is 0 Å².